The summed E-state index contributed by atoms with van der Waals surface area (Å²) in [6, 6.07) is 17.4. The van der Waals surface area contributed by atoms with E-state index in [0.717, 1.165) is 15.7 Å². The molecule has 6 nitrogen and oxygen atoms in total. The fourth-order valence-electron chi connectivity index (χ4n) is 2.64. The topological polar surface area (TPSA) is 91.9 Å². The molecule has 1 aliphatic heterocycles. The number of amidine groups is 1. The number of carboxylic acid groups (broad SMARTS) is 1. The molecule has 0 saturated carbocycles. The molecule has 2 heterocycles. The molecule has 8 heteroatoms. The second-order valence-corrected chi connectivity index (χ2v) is 7.99. The van der Waals surface area contributed by atoms with Gasteiger partial charge in [0.2, 0.25) is 0 Å². The van der Waals surface area contributed by atoms with Crippen LogP contribution in [0.15, 0.2) is 79.5 Å². The van der Waals surface area contributed by atoms with Crippen molar-refractivity contribution in [3.8, 4) is 11.3 Å². The minimum Gasteiger partial charge on any atom is -0.478 e. The Morgan fingerprint density at radius 3 is 2.66 bits per heavy atom. The van der Waals surface area contributed by atoms with Crippen molar-refractivity contribution in [2.75, 3.05) is 0 Å². The first-order valence-corrected chi connectivity index (χ1v) is 10.1. The Labute approximate surface area is 178 Å². The number of aliphatic imine (C=N–C) groups is 1. The molecule has 1 saturated heterocycles. The molecule has 0 atom stereocenters. The maximum absolute atomic E-state index is 12.2. The third-order valence-electron chi connectivity index (χ3n) is 4.01. The second kappa shape index (κ2) is 8.10. The van der Waals surface area contributed by atoms with Crippen LogP contribution in [0.5, 0.6) is 0 Å². The summed E-state index contributed by atoms with van der Waals surface area (Å²) in [5.74, 6) is -0.123. The van der Waals surface area contributed by atoms with Crippen LogP contribution in [0.25, 0.3) is 17.4 Å². The maximum Gasteiger partial charge on any atom is 0.335 e. The maximum atomic E-state index is 12.2. The van der Waals surface area contributed by atoms with Gasteiger partial charge < -0.3 is 14.8 Å². The first kappa shape index (κ1) is 19.2. The van der Waals surface area contributed by atoms with E-state index in [1.165, 1.54) is 23.9 Å². The number of furan rings is 1. The number of carbonyl (C=O) groups is 2. The highest BCUT2D eigenvalue weighted by Gasteiger charge is 2.24. The fourth-order valence-corrected chi connectivity index (χ4v) is 3.84. The highest BCUT2D eigenvalue weighted by atomic mass is 79.9. The third-order valence-corrected chi connectivity index (χ3v) is 5.41. The van der Waals surface area contributed by atoms with Crippen molar-refractivity contribution < 1.29 is 19.1 Å². The third kappa shape index (κ3) is 4.49. The van der Waals surface area contributed by atoms with Gasteiger partial charge in [-0.05, 0) is 54.2 Å². The lowest BCUT2D eigenvalue weighted by Crippen LogP contribution is -2.19. The van der Waals surface area contributed by atoms with Crippen molar-refractivity contribution in [1.29, 1.82) is 0 Å². The van der Waals surface area contributed by atoms with Crippen LogP contribution < -0.4 is 5.32 Å². The smallest absolute Gasteiger partial charge is 0.335 e. The number of halogens is 1. The predicted octanol–water partition coefficient (Wildman–Crippen LogP) is 5.30. The molecule has 4 rings (SSSR count). The lowest BCUT2D eigenvalue weighted by molar-refractivity contribution is -0.115. The van der Waals surface area contributed by atoms with E-state index in [1.807, 2.05) is 24.3 Å². The van der Waals surface area contributed by atoms with E-state index >= 15 is 0 Å². The van der Waals surface area contributed by atoms with Crippen molar-refractivity contribution in [3.63, 3.8) is 0 Å². The molecule has 2 aromatic carbocycles. The number of nitrogens with one attached hydrogen (secondary N) is 1. The molecule has 0 bridgehead atoms. The monoisotopic (exact) mass is 468 g/mol. The SMILES string of the molecule is O=C1NC(=Nc2cccc(Br)c2)S/C1=C\c1ccc(-c2ccc(C(=O)O)cc2)o1. The van der Waals surface area contributed by atoms with Crippen LogP contribution in [0.3, 0.4) is 0 Å². The molecule has 144 valence electrons. The molecule has 2 N–H and O–H groups in total. The quantitative estimate of drug-likeness (QED) is 0.506. The van der Waals surface area contributed by atoms with Crippen molar-refractivity contribution >= 4 is 56.5 Å². The molecule has 1 fully saturated rings. The number of benzene rings is 2. The van der Waals surface area contributed by atoms with Gasteiger partial charge in [-0.2, -0.15) is 0 Å². The summed E-state index contributed by atoms with van der Waals surface area (Å²) in [6.07, 6.45) is 1.65. The van der Waals surface area contributed by atoms with Gasteiger partial charge in [-0.1, -0.05) is 34.1 Å². The van der Waals surface area contributed by atoms with Crippen LogP contribution >= 0.6 is 27.7 Å². The summed E-state index contributed by atoms with van der Waals surface area (Å²) < 4.78 is 6.69. The van der Waals surface area contributed by atoms with E-state index in [4.69, 9.17) is 9.52 Å². The van der Waals surface area contributed by atoms with Crippen LogP contribution in [-0.4, -0.2) is 22.2 Å². The molecule has 0 unspecified atom stereocenters. The molecule has 1 aromatic heterocycles. The largest absolute Gasteiger partial charge is 0.478 e. The van der Waals surface area contributed by atoms with Gasteiger partial charge in [0.25, 0.3) is 5.91 Å². The minimum atomic E-state index is -0.981. The van der Waals surface area contributed by atoms with Crippen molar-refractivity contribution in [2.24, 2.45) is 4.99 Å². The van der Waals surface area contributed by atoms with E-state index in [9.17, 15) is 9.59 Å². The Morgan fingerprint density at radius 1 is 1.14 bits per heavy atom. The predicted molar refractivity (Wildman–Crippen MR) is 116 cm³/mol. The molecular formula is C21H13BrN2O4S. The number of aromatic carboxylic acids is 1. The Balaban J connectivity index is 1.53. The van der Waals surface area contributed by atoms with Crippen LogP contribution in [0, 0.1) is 0 Å². The fraction of sp³-hybridized carbons (Fsp3) is 0. The van der Waals surface area contributed by atoms with Crippen LogP contribution in [-0.2, 0) is 4.79 Å². The van der Waals surface area contributed by atoms with Gasteiger partial charge in [0, 0.05) is 16.1 Å². The van der Waals surface area contributed by atoms with Crippen LogP contribution in [0.2, 0.25) is 0 Å². The van der Waals surface area contributed by atoms with E-state index in [-0.39, 0.29) is 11.5 Å². The van der Waals surface area contributed by atoms with Crippen molar-refractivity contribution in [3.05, 3.63) is 81.4 Å². The molecule has 0 radical (unpaired) electrons. The lowest BCUT2D eigenvalue weighted by atomic mass is 10.1. The van der Waals surface area contributed by atoms with Gasteiger partial charge in [0.15, 0.2) is 5.17 Å². The van der Waals surface area contributed by atoms with Gasteiger partial charge in [-0.15, -0.1) is 0 Å². The summed E-state index contributed by atoms with van der Waals surface area (Å²) in [7, 11) is 0. The normalized spacial score (nSPS) is 16.4. The number of rotatable bonds is 4. The summed E-state index contributed by atoms with van der Waals surface area (Å²) >= 11 is 4.63. The molecular weight excluding hydrogens is 456 g/mol. The Bertz CT molecular complexity index is 1170. The zero-order chi connectivity index (χ0) is 20.4. The van der Waals surface area contributed by atoms with Gasteiger partial charge in [0.05, 0.1) is 16.2 Å². The standard InChI is InChI=1S/C21H13BrN2O4S/c22-14-2-1-3-15(10-14)23-21-24-19(25)18(29-21)11-16-8-9-17(28-16)12-4-6-13(7-5-12)20(26)27/h1-11H,(H,26,27)(H,23,24,25)/b18-11-. The number of carboxylic acids is 1. The lowest BCUT2D eigenvalue weighted by Gasteiger charge is -1.98. The average molecular weight is 469 g/mol. The van der Waals surface area contributed by atoms with Gasteiger partial charge >= 0.3 is 5.97 Å². The van der Waals surface area contributed by atoms with Crippen LogP contribution in [0.4, 0.5) is 5.69 Å². The Hall–Kier alpha value is -3.10. The van der Waals surface area contributed by atoms with Crippen molar-refractivity contribution in [1.82, 2.24) is 5.32 Å². The van der Waals surface area contributed by atoms with E-state index < -0.39 is 5.97 Å². The van der Waals surface area contributed by atoms with Gasteiger partial charge in [-0.25, -0.2) is 9.79 Å². The number of carbonyl (C=O) groups excluding carboxylic acids is 1. The Morgan fingerprint density at radius 2 is 1.93 bits per heavy atom. The Kier molecular flexibility index (Phi) is 5.37. The molecule has 1 aliphatic rings. The molecule has 1 amide bonds. The summed E-state index contributed by atoms with van der Waals surface area (Å²) in [5, 5.41) is 12.2. The number of hydrogen-bond donors (Lipinski definition) is 2. The van der Waals surface area contributed by atoms with E-state index in [0.29, 0.717) is 21.6 Å². The van der Waals surface area contributed by atoms with Gasteiger partial charge in [-0.3, -0.25) is 4.79 Å². The molecule has 29 heavy (non-hydrogen) atoms. The van der Waals surface area contributed by atoms with E-state index in [1.54, 1.807) is 30.3 Å². The zero-order valence-electron chi connectivity index (χ0n) is 14.8. The second-order valence-electron chi connectivity index (χ2n) is 6.05. The van der Waals surface area contributed by atoms with Crippen molar-refractivity contribution in [2.45, 2.75) is 0 Å². The number of amides is 1. The number of nitrogens with zero attached hydrogens (tertiary/aromatic N) is 1. The van der Waals surface area contributed by atoms with Crippen LogP contribution in [0.1, 0.15) is 16.1 Å². The summed E-state index contributed by atoms with van der Waals surface area (Å²) in [5.41, 5.74) is 1.69. The molecule has 3 aromatic rings. The average Bonchev–Trinajstić information content (AvgIpc) is 3.29. The van der Waals surface area contributed by atoms with Gasteiger partial charge in [0.1, 0.15) is 11.5 Å². The van der Waals surface area contributed by atoms with E-state index in [2.05, 4.69) is 26.2 Å². The zero-order valence-corrected chi connectivity index (χ0v) is 17.2. The number of hydrogen-bond acceptors (Lipinski definition) is 5. The molecule has 0 aliphatic carbocycles. The molecule has 0 spiro atoms. The summed E-state index contributed by atoms with van der Waals surface area (Å²) in [4.78, 5) is 28.1. The highest BCUT2D eigenvalue weighted by molar-refractivity contribution is 9.10. The summed E-state index contributed by atoms with van der Waals surface area (Å²) in [6.45, 7) is 0. The number of thioether (sulfide) groups is 1. The first-order chi connectivity index (χ1) is 14.0. The minimum absolute atomic E-state index is 0.207. The highest BCUT2D eigenvalue weighted by Crippen LogP contribution is 2.30. The first-order valence-electron chi connectivity index (χ1n) is 8.47.